The summed E-state index contributed by atoms with van der Waals surface area (Å²) in [7, 11) is 0. The highest BCUT2D eigenvalue weighted by Crippen LogP contribution is 2.44. The van der Waals surface area contributed by atoms with Gasteiger partial charge in [0.2, 0.25) is 0 Å². The van der Waals surface area contributed by atoms with E-state index in [2.05, 4.69) is 5.32 Å². The van der Waals surface area contributed by atoms with E-state index in [1.807, 2.05) is 13.0 Å². The molecule has 4 nitrogen and oxygen atoms in total. The summed E-state index contributed by atoms with van der Waals surface area (Å²) < 4.78 is 19.5. The van der Waals surface area contributed by atoms with Crippen molar-refractivity contribution >= 4 is 11.8 Å². The minimum absolute atomic E-state index is 0.0711. The fraction of sp³-hybridized carbons (Fsp3) is 0.500. The van der Waals surface area contributed by atoms with Crippen LogP contribution in [0.3, 0.4) is 0 Å². The molecule has 1 fully saturated rings. The molecule has 1 aromatic carbocycles. The lowest BCUT2D eigenvalue weighted by atomic mass is 9.71. The van der Waals surface area contributed by atoms with Crippen LogP contribution in [0.5, 0.6) is 0 Å². The zero-order chi connectivity index (χ0) is 20.4. The molecule has 0 saturated heterocycles. The van der Waals surface area contributed by atoms with Crippen molar-refractivity contribution in [1.82, 2.24) is 5.32 Å². The van der Waals surface area contributed by atoms with E-state index in [1.165, 1.54) is 25.0 Å². The highest BCUT2D eigenvalue weighted by atomic mass is 19.1. The van der Waals surface area contributed by atoms with Gasteiger partial charge in [0.25, 0.3) is 0 Å². The zero-order valence-corrected chi connectivity index (χ0v) is 16.9. The van der Waals surface area contributed by atoms with Crippen molar-refractivity contribution < 1.29 is 18.7 Å². The Labute approximate surface area is 171 Å². The van der Waals surface area contributed by atoms with E-state index in [0.29, 0.717) is 18.4 Å². The predicted octanol–water partition coefficient (Wildman–Crippen LogP) is 4.92. The Kier molecular flexibility index (Phi) is 5.84. The van der Waals surface area contributed by atoms with Gasteiger partial charge in [-0.3, -0.25) is 4.79 Å². The smallest absolute Gasteiger partial charge is 0.336 e. The first-order valence-corrected chi connectivity index (χ1v) is 10.7. The van der Waals surface area contributed by atoms with Gasteiger partial charge in [0.1, 0.15) is 17.7 Å². The molecule has 2 unspecified atom stereocenters. The molecule has 0 spiro atoms. The number of halogens is 1. The first-order valence-electron chi connectivity index (χ1n) is 10.7. The fourth-order valence-corrected chi connectivity index (χ4v) is 4.89. The van der Waals surface area contributed by atoms with Crippen LogP contribution >= 0.6 is 0 Å². The molecule has 4 rings (SSSR count). The predicted molar refractivity (Wildman–Crippen MR) is 108 cm³/mol. The van der Waals surface area contributed by atoms with Crippen LogP contribution < -0.4 is 5.32 Å². The lowest BCUT2D eigenvalue weighted by Crippen LogP contribution is -2.41. The zero-order valence-electron chi connectivity index (χ0n) is 16.9. The van der Waals surface area contributed by atoms with E-state index in [0.717, 1.165) is 42.6 Å². The molecule has 154 valence electrons. The maximum absolute atomic E-state index is 13.5. The molecular formula is C24H28FNO3. The fourth-order valence-electron chi connectivity index (χ4n) is 4.89. The van der Waals surface area contributed by atoms with E-state index in [-0.39, 0.29) is 23.7 Å². The first-order chi connectivity index (χ1) is 14.0. The van der Waals surface area contributed by atoms with Crippen LogP contribution in [0.15, 0.2) is 47.3 Å². The maximum Gasteiger partial charge on any atom is 0.336 e. The lowest BCUT2D eigenvalue weighted by molar-refractivity contribution is -0.145. The Hall–Kier alpha value is -2.43. The molecule has 1 N–H and O–H groups in total. The van der Waals surface area contributed by atoms with Crippen molar-refractivity contribution in [2.24, 2.45) is 5.92 Å². The van der Waals surface area contributed by atoms with E-state index in [9.17, 15) is 14.0 Å². The number of hydrogen-bond acceptors (Lipinski definition) is 4. The van der Waals surface area contributed by atoms with Crippen molar-refractivity contribution in [3.63, 3.8) is 0 Å². The molecule has 0 aromatic heterocycles. The average Bonchev–Trinajstić information content (AvgIpc) is 2.96. The van der Waals surface area contributed by atoms with Crippen molar-refractivity contribution in [2.45, 2.75) is 70.3 Å². The minimum Gasteiger partial charge on any atom is -0.459 e. The Balaban J connectivity index is 1.71. The van der Waals surface area contributed by atoms with Crippen LogP contribution in [0.1, 0.15) is 69.8 Å². The second-order valence-corrected chi connectivity index (χ2v) is 8.35. The van der Waals surface area contributed by atoms with E-state index >= 15 is 0 Å². The van der Waals surface area contributed by atoms with Gasteiger partial charge in [-0.05, 0) is 56.7 Å². The number of Topliss-reactive ketones (excluding diaryl/α,β-unsaturated/α-hetero) is 1. The SMILES string of the molecule is CC1=C(C(=O)OC2CCCCCC2)C(c2ccc(F)cc2)C2C(=O)CCC=C2N1. The number of nitrogens with one attached hydrogen (secondary N) is 1. The molecule has 1 aromatic rings. The number of allylic oxidation sites excluding steroid dienone is 3. The number of esters is 1. The van der Waals surface area contributed by atoms with Gasteiger partial charge in [0.05, 0.1) is 11.5 Å². The van der Waals surface area contributed by atoms with Gasteiger partial charge in [-0.25, -0.2) is 9.18 Å². The highest BCUT2D eigenvalue weighted by molar-refractivity contribution is 5.96. The molecule has 1 aliphatic heterocycles. The number of carbonyl (C=O) groups is 2. The number of ether oxygens (including phenoxy) is 1. The molecule has 1 heterocycles. The van der Waals surface area contributed by atoms with Gasteiger partial charge in [-0.15, -0.1) is 0 Å². The normalized spacial score (nSPS) is 25.6. The number of benzene rings is 1. The largest absolute Gasteiger partial charge is 0.459 e. The minimum atomic E-state index is -0.450. The van der Waals surface area contributed by atoms with Crippen LogP contribution in [0.25, 0.3) is 0 Å². The monoisotopic (exact) mass is 397 g/mol. The van der Waals surface area contributed by atoms with E-state index < -0.39 is 11.8 Å². The Morgan fingerprint density at radius 2 is 1.76 bits per heavy atom. The summed E-state index contributed by atoms with van der Waals surface area (Å²) in [6.45, 7) is 1.86. The van der Waals surface area contributed by atoms with Crippen molar-refractivity contribution in [2.75, 3.05) is 0 Å². The highest BCUT2D eigenvalue weighted by Gasteiger charge is 2.43. The molecule has 3 aliphatic rings. The van der Waals surface area contributed by atoms with Crippen molar-refractivity contribution in [1.29, 1.82) is 0 Å². The van der Waals surface area contributed by atoms with Crippen LogP contribution in [0.2, 0.25) is 0 Å². The standard InChI is InChI=1S/C24H28FNO3/c1-15-21(24(28)29-18-7-4-2-3-5-8-18)22(16-11-13-17(25)14-12-16)23-19(26-15)9-6-10-20(23)27/h9,11-14,18,22-23,26H,2-8,10H2,1H3. The van der Waals surface area contributed by atoms with Crippen LogP contribution in [-0.2, 0) is 14.3 Å². The number of hydrogen-bond donors (Lipinski definition) is 1. The number of carbonyl (C=O) groups excluding carboxylic acids is 2. The maximum atomic E-state index is 13.5. The molecule has 29 heavy (non-hydrogen) atoms. The molecular weight excluding hydrogens is 369 g/mol. The van der Waals surface area contributed by atoms with Gasteiger partial charge < -0.3 is 10.1 Å². The first kappa shape index (κ1) is 19.9. The number of ketones is 1. The summed E-state index contributed by atoms with van der Waals surface area (Å²) in [5, 5.41) is 3.29. The Morgan fingerprint density at radius 1 is 1.07 bits per heavy atom. The lowest BCUT2D eigenvalue weighted by Gasteiger charge is -2.38. The molecule has 0 bridgehead atoms. The van der Waals surface area contributed by atoms with Gasteiger partial charge in [0.15, 0.2) is 0 Å². The van der Waals surface area contributed by atoms with E-state index in [4.69, 9.17) is 4.74 Å². The molecule has 2 atom stereocenters. The summed E-state index contributed by atoms with van der Waals surface area (Å²) in [5.41, 5.74) is 2.83. The van der Waals surface area contributed by atoms with E-state index in [1.54, 1.807) is 12.1 Å². The van der Waals surface area contributed by atoms with Crippen LogP contribution in [-0.4, -0.2) is 17.9 Å². The Bertz CT molecular complexity index is 847. The summed E-state index contributed by atoms with van der Waals surface area (Å²) in [6.07, 6.45) is 9.41. The molecule has 2 aliphatic carbocycles. The van der Waals surface area contributed by atoms with Crippen LogP contribution in [0.4, 0.5) is 4.39 Å². The van der Waals surface area contributed by atoms with Crippen LogP contribution in [0, 0.1) is 11.7 Å². The quantitative estimate of drug-likeness (QED) is 0.581. The summed E-state index contributed by atoms with van der Waals surface area (Å²) in [5.74, 6) is -1.48. The second-order valence-electron chi connectivity index (χ2n) is 8.35. The summed E-state index contributed by atoms with van der Waals surface area (Å²) in [6, 6.07) is 6.13. The topological polar surface area (TPSA) is 55.4 Å². The van der Waals surface area contributed by atoms with Crippen molar-refractivity contribution in [3.05, 3.63) is 58.7 Å². The third-order valence-electron chi connectivity index (χ3n) is 6.34. The third kappa shape index (κ3) is 4.14. The molecule has 5 heteroatoms. The van der Waals surface area contributed by atoms with Crippen molar-refractivity contribution in [3.8, 4) is 0 Å². The summed E-state index contributed by atoms with van der Waals surface area (Å²) >= 11 is 0. The average molecular weight is 397 g/mol. The van der Waals surface area contributed by atoms with Gasteiger partial charge in [-0.1, -0.05) is 31.1 Å². The van der Waals surface area contributed by atoms with Gasteiger partial charge in [0, 0.05) is 23.7 Å². The molecule has 0 radical (unpaired) electrons. The molecule has 0 amide bonds. The van der Waals surface area contributed by atoms with Gasteiger partial charge in [-0.2, -0.15) is 0 Å². The second kappa shape index (κ2) is 8.52. The Morgan fingerprint density at radius 3 is 2.45 bits per heavy atom. The number of rotatable bonds is 3. The number of fused-ring (bicyclic) bond motifs is 1. The molecule has 1 saturated carbocycles. The van der Waals surface area contributed by atoms with Gasteiger partial charge >= 0.3 is 5.97 Å². The third-order valence-corrected chi connectivity index (χ3v) is 6.34. The summed E-state index contributed by atoms with van der Waals surface area (Å²) in [4.78, 5) is 26.2.